The molecule has 18 heteroatoms. The van der Waals surface area contributed by atoms with Crippen molar-refractivity contribution >= 4 is 92.6 Å². The lowest BCUT2D eigenvalue weighted by molar-refractivity contribution is -0.684. The fourth-order valence-corrected chi connectivity index (χ4v) is 9.96. The van der Waals surface area contributed by atoms with Gasteiger partial charge in [-0.05, 0) is 60.4 Å². The Balaban J connectivity index is 0.898. The van der Waals surface area contributed by atoms with E-state index in [1.165, 1.54) is 13.8 Å². The number of aliphatic hydroxyl groups excluding tert-OH is 2. The number of benzene rings is 2. The predicted octanol–water partition coefficient (Wildman–Crippen LogP) is 0.211. The van der Waals surface area contributed by atoms with Gasteiger partial charge >= 0.3 is 0 Å². The first-order chi connectivity index (χ1) is 31.6. The lowest BCUT2D eigenvalue weighted by Gasteiger charge is -2.24. The van der Waals surface area contributed by atoms with Crippen LogP contribution >= 0.6 is 21.6 Å². The van der Waals surface area contributed by atoms with Crippen LogP contribution in [-0.2, 0) is 41.9 Å². The van der Waals surface area contributed by atoms with Crippen molar-refractivity contribution in [3.63, 3.8) is 0 Å². The number of rotatable bonds is 21. The van der Waals surface area contributed by atoms with Crippen molar-refractivity contribution in [2.24, 2.45) is 0 Å². The van der Waals surface area contributed by atoms with E-state index in [1.54, 1.807) is 58.2 Å². The number of carbonyl (C=O) groups is 6. The summed E-state index contributed by atoms with van der Waals surface area (Å²) >= 11 is 0. The Morgan fingerprint density at radius 1 is 0.591 bits per heavy atom. The van der Waals surface area contributed by atoms with Crippen LogP contribution in [-0.4, -0.2) is 107 Å². The molecule has 2 aromatic heterocycles. The maximum atomic E-state index is 12.8. The van der Waals surface area contributed by atoms with Gasteiger partial charge in [0.2, 0.25) is 13.1 Å². The van der Waals surface area contributed by atoms with Crippen molar-refractivity contribution < 1.29 is 58.3 Å². The van der Waals surface area contributed by atoms with Gasteiger partial charge in [0.05, 0.1) is 48.3 Å². The molecule has 0 saturated carbocycles. The molecule has 2 aliphatic heterocycles. The fraction of sp³-hybridized carbons (Fsp3) is 0.333. The van der Waals surface area contributed by atoms with Crippen molar-refractivity contribution in [2.75, 3.05) is 34.4 Å². The average molecular weight is 937 g/mol. The van der Waals surface area contributed by atoms with E-state index in [9.17, 15) is 49.2 Å². The van der Waals surface area contributed by atoms with Gasteiger partial charge in [0.25, 0.3) is 11.8 Å². The number of nitrogens with one attached hydrogen (secondary N) is 2. The molecule has 0 spiro atoms. The molecule has 2 aliphatic rings. The van der Waals surface area contributed by atoms with E-state index in [0.29, 0.717) is 25.9 Å². The van der Waals surface area contributed by atoms with Gasteiger partial charge < -0.3 is 50.4 Å². The Bertz CT molecular complexity index is 2250. The molecule has 2 amide bonds. The number of pyridine rings is 2. The number of amides is 2. The predicted molar refractivity (Wildman–Crippen MR) is 248 cm³/mol. The van der Waals surface area contributed by atoms with Gasteiger partial charge in [0.15, 0.2) is 36.4 Å². The second-order valence-electron chi connectivity index (χ2n) is 16.2. The van der Waals surface area contributed by atoms with Gasteiger partial charge in [-0.2, -0.15) is 9.13 Å². The Labute approximate surface area is 390 Å². The van der Waals surface area contributed by atoms with Crippen LogP contribution in [0.3, 0.4) is 0 Å². The molecule has 0 radical (unpaired) electrons. The molecule has 6 atom stereocenters. The second kappa shape index (κ2) is 23.2. The summed E-state index contributed by atoms with van der Waals surface area (Å²) in [5.41, 5.74) is 5.28. The van der Waals surface area contributed by atoms with Crippen molar-refractivity contribution in [3.8, 4) is 0 Å². The van der Waals surface area contributed by atoms with Gasteiger partial charge in [-0.3, -0.25) is 19.2 Å². The molecule has 2 saturated heterocycles. The fourth-order valence-electron chi connectivity index (χ4n) is 7.66. The normalized spacial score (nSPS) is 19.2. The van der Waals surface area contributed by atoms with Crippen LogP contribution in [0.2, 0.25) is 0 Å². The summed E-state index contributed by atoms with van der Waals surface area (Å²) in [5.74, 6) is -4.39. The van der Waals surface area contributed by atoms with Gasteiger partial charge in [-0.1, -0.05) is 70.2 Å². The highest BCUT2D eigenvalue weighted by atomic mass is 33.1. The van der Waals surface area contributed by atoms with E-state index in [0.717, 1.165) is 55.2 Å². The number of aliphatic carboxylic acids is 2. The number of aliphatic hydroxyl groups is 2. The van der Waals surface area contributed by atoms with E-state index in [1.807, 2.05) is 82.6 Å². The minimum absolute atomic E-state index is 0.0165. The molecule has 4 heterocycles. The van der Waals surface area contributed by atoms with Crippen LogP contribution in [0.25, 0.3) is 24.3 Å². The molecule has 4 aromatic rings. The van der Waals surface area contributed by atoms with Crippen LogP contribution in [0.1, 0.15) is 48.9 Å². The smallest absolute Gasteiger partial charge is 0.286 e. The van der Waals surface area contributed by atoms with E-state index in [2.05, 4.69) is 10.6 Å². The Morgan fingerprint density at radius 3 is 1.21 bits per heavy atom. The number of hydrogen-bond donors (Lipinski definition) is 4. The van der Waals surface area contributed by atoms with Gasteiger partial charge in [-0.25, -0.2) is 0 Å². The molecule has 66 heavy (non-hydrogen) atoms. The number of Topliss-reactive ketones (excluding diaryl/α,β-unsaturated/α-hetero) is 2. The summed E-state index contributed by atoms with van der Waals surface area (Å²) < 4.78 is 3.17. The van der Waals surface area contributed by atoms with Crippen molar-refractivity contribution in [1.82, 2.24) is 10.6 Å². The molecular formula is C48H52N6O10S2. The lowest BCUT2D eigenvalue weighted by Crippen LogP contribution is -2.53. The quantitative estimate of drug-likeness (QED) is 0.0498. The number of ketones is 2. The first-order valence-corrected chi connectivity index (χ1v) is 23.8. The van der Waals surface area contributed by atoms with E-state index >= 15 is 0 Å². The first-order valence-electron chi connectivity index (χ1n) is 21.3. The minimum atomic E-state index is -1.51. The van der Waals surface area contributed by atoms with Crippen molar-refractivity contribution in [2.45, 2.75) is 76.2 Å². The molecule has 4 N–H and O–H groups in total. The maximum absolute atomic E-state index is 12.8. The molecule has 6 unspecified atom stereocenters. The Morgan fingerprint density at radius 2 is 0.909 bits per heavy atom. The van der Waals surface area contributed by atoms with E-state index in [-0.39, 0.29) is 48.2 Å². The SMILES string of the molecule is CC(=O)C1CC(O)CN1c1ccc(/C=C/c2cc[n+](CC(=O)NC(CSSCC(NC(=O)C[n+]3ccc(/C=C/c4ccc(N5CC(O)CC5C(C)=O)cc4)cc3)C(=O)[O-])C(=O)[O-])cc2)cc1. The zero-order valence-corrected chi connectivity index (χ0v) is 38.1. The van der Waals surface area contributed by atoms with Crippen LogP contribution in [0.15, 0.2) is 97.6 Å². The standard InChI is InChI=1S/C48H52N6O10S2/c1-31(55)43-23-39(57)25-53(43)37-11-7-33(8-12-37)3-5-35-15-19-51(20-16-35)27-45(59)49-41(47(61)62)29-65-66-30-42(48(63)64)50-46(60)28-52-21-17-36(18-22-52)6-4-34-9-13-38(14-10-34)54-26-40(58)24-44(54)32(2)56/h3-22,39-44,57-58H,23-30H2,1-2H3,(H2-2,49,50,59,60,61,62,63,64). The summed E-state index contributed by atoms with van der Waals surface area (Å²) in [4.78, 5) is 77.1. The maximum Gasteiger partial charge on any atom is 0.286 e. The second-order valence-corrected chi connectivity index (χ2v) is 18.8. The van der Waals surface area contributed by atoms with Crippen LogP contribution in [0.5, 0.6) is 0 Å². The van der Waals surface area contributed by atoms with Crippen LogP contribution in [0.4, 0.5) is 11.4 Å². The highest BCUT2D eigenvalue weighted by Crippen LogP contribution is 2.29. The van der Waals surface area contributed by atoms with Gasteiger partial charge in [-0.15, -0.1) is 0 Å². The number of hydrogen-bond acceptors (Lipinski definition) is 14. The Kier molecular flexibility index (Phi) is 17.3. The molecular weight excluding hydrogens is 885 g/mol. The van der Waals surface area contributed by atoms with Crippen molar-refractivity contribution in [1.29, 1.82) is 0 Å². The van der Waals surface area contributed by atoms with Gasteiger partial charge in [0.1, 0.15) is 0 Å². The number of β-amino-alcohol motifs (C(OH)–C–C–N with tert-alkyl or cyclic N) is 2. The molecule has 2 aromatic carbocycles. The molecule has 0 aliphatic carbocycles. The van der Waals surface area contributed by atoms with Crippen LogP contribution in [0, 0.1) is 0 Å². The molecule has 346 valence electrons. The number of nitrogens with zero attached hydrogens (tertiary/aromatic N) is 4. The van der Waals surface area contributed by atoms with E-state index < -0.39 is 48.0 Å². The number of carbonyl (C=O) groups excluding carboxylic acids is 6. The van der Waals surface area contributed by atoms with E-state index in [4.69, 9.17) is 0 Å². The number of carboxylic acid groups (broad SMARTS) is 2. The summed E-state index contributed by atoms with van der Waals surface area (Å²) in [6.07, 6.45) is 14.1. The summed E-state index contributed by atoms with van der Waals surface area (Å²) in [6.45, 7) is 3.54. The first kappa shape index (κ1) is 49.1. The molecule has 2 fully saturated rings. The van der Waals surface area contributed by atoms with Crippen molar-refractivity contribution in [3.05, 3.63) is 120 Å². The lowest BCUT2D eigenvalue weighted by atomic mass is 10.1. The molecule has 6 rings (SSSR count). The van der Waals surface area contributed by atoms with Gasteiger partial charge in [0, 0.05) is 73.1 Å². The zero-order valence-electron chi connectivity index (χ0n) is 36.4. The zero-order chi connectivity index (χ0) is 47.3. The number of anilines is 2. The summed E-state index contributed by atoms with van der Waals surface area (Å²) in [7, 11) is 2.01. The third-order valence-electron chi connectivity index (χ3n) is 11.2. The average Bonchev–Trinajstić information content (AvgIpc) is 3.89. The summed E-state index contributed by atoms with van der Waals surface area (Å²) in [5, 5.41) is 48.7. The topological polar surface area (TPSA) is 227 Å². The third kappa shape index (κ3) is 14.1. The monoisotopic (exact) mass is 936 g/mol. The highest BCUT2D eigenvalue weighted by Gasteiger charge is 2.35. The highest BCUT2D eigenvalue weighted by molar-refractivity contribution is 8.76. The van der Waals surface area contributed by atoms with Crippen LogP contribution < -0.4 is 39.8 Å². The Hall–Kier alpha value is -6.34. The third-order valence-corrected chi connectivity index (χ3v) is 13.6. The minimum Gasteiger partial charge on any atom is -0.548 e. The molecule has 0 bridgehead atoms. The largest absolute Gasteiger partial charge is 0.548 e. The molecule has 16 nitrogen and oxygen atoms in total. The summed E-state index contributed by atoms with van der Waals surface area (Å²) in [6, 6.07) is 19.1. The number of carboxylic acids is 2. The number of aromatic nitrogens is 2.